The van der Waals surface area contributed by atoms with Crippen LogP contribution in [0.25, 0.3) is 21.6 Å². The molecule has 1 unspecified atom stereocenters. The van der Waals surface area contributed by atoms with E-state index in [2.05, 4.69) is 11.8 Å². The first kappa shape index (κ1) is 22.3. The first-order chi connectivity index (χ1) is 16.5. The Morgan fingerprint density at radius 1 is 1.21 bits per heavy atom. The van der Waals surface area contributed by atoms with Gasteiger partial charge in [-0.3, -0.25) is 0 Å². The minimum Gasteiger partial charge on any atom is -0.377 e. The molecule has 3 aliphatic rings. The molecule has 0 radical (unpaired) electrons. The Morgan fingerprint density at radius 2 is 2.06 bits per heavy atom. The number of aromatic nitrogens is 4. The summed E-state index contributed by atoms with van der Waals surface area (Å²) in [6.07, 6.45) is 1.44. The van der Waals surface area contributed by atoms with Crippen molar-refractivity contribution in [3.8, 4) is 11.4 Å². The fourth-order valence-electron chi connectivity index (χ4n) is 5.23. The van der Waals surface area contributed by atoms with Gasteiger partial charge in [0, 0.05) is 13.2 Å². The molecule has 0 amide bonds. The SMILES string of the molecule is Cc1cc(-c2nsc3c(C4(C(F)F)CC4)cc(N4CCOC[C@H]4C)nc23)n(C2CCCCO2)n1. The maximum atomic E-state index is 14.3. The van der Waals surface area contributed by atoms with E-state index < -0.39 is 11.8 Å². The van der Waals surface area contributed by atoms with Gasteiger partial charge >= 0.3 is 0 Å². The summed E-state index contributed by atoms with van der Waals surface area (Å²) in [5.74, 6) is 0.725. The molecular formula is C24H29F2N5O2S. The van der Waals surface area contributed by atoms with Crippen LogP contribution in [-0.2, 0) is 14.9 Å². The standard InChI is InChI=1S/C24H29F2N5O2S/c1-14-11-17(31(28-14)19-5-3-4-9-33-19)20-21-22(34-29-20)16(24(6-7-24)23(25)26)12-18(27-21)30-8-10-32-13-15(30)2/h11-12,15,19,23H,3-10,13H2,1-2H3/t15-,19?/m1/s1. The summed E-state index contributed by atoms with van der Waals surface area (Å²) in [7, 11) is 0. The number of anilines is 1. The lowest BCUT2D eigenvalue weighted by molar-refractivity contribution is -0.0385. The molecule has 2 atom stereocenters. The maximum Gasteiger partial charge on any atom is 0.248 e. The second-order valence-corrected chi connectivity index (χ2v) is 10.5. The number of morpholine rings is 1. The van der Waals surface area contributed by atoms with Gasteiger partial charge in [-0.05, 0) is 75.2 Å². The van der Waals surface area contributed by atoms with Gasteiger partial charge in [-0.2, -0.15) is 9.47 Å². The summed E-state index contributed by atoms with van der Waals surface area (Å²) in [6.45, 7) is 6.61. The molecule has 10 heteroatoms. The quantitative estimate of drug-likeness (QED) is 0.498. The molecule has 0 spiro atoms. The Balaban J connectivity index is 1.53. The van der Waals surface area contributed by atoms with Crippen molar-refractivity contribution in [2.75, 3.05) is 31.3 Å². The van der Waals surface area contributed by atoms with Gasteiger partial charge in [-0.1, -0.05) is 0 Å². The minimum absolute atomic E-state index is 0.117. The zero-order chi connectivity index (χ0) is 23.4. The van der Waals surface area contributed by atoms with E-state index in [1.165, 1.54) is 11.5 Å². The monoisotopic (exact) mass is 489 g/mol. The molecule has 34 heavy (non-hydrogen) atoms. The van der Waals surface area contributed by atoms with E-state index in [1.807, 2.05) is 23.7 Å². The lowest BCUT2D eigenvalue weighted by Gasteiger charge is -2.35. The highest BCUT2D eigenvalue weighted by Gasteiger charge is 2.54. The molecule has 5 heterocycles. The van der Waals surface area contributed by atoms with Gasteiger partial charge in [0.25, 0.3) is 0 Å². The van der Waals surface area contributed by atoms with E-state index >= 15 is 0 Å². The Kier molecular flexibility index (Phi) is 5.57. The lowest BCUT2D eigenvalue weighted by Crippen LogP contribution is -2.44. The van der Waals surface area contributed by atoms with Gasteiger partial charge < -0.3 is 14.4 Å². The first-order valence-electron chi connectivity index (χ1n) is 12.1. The van der Waals surface area contributed by atoms with Crippen molar-refractivity contribution in [1.82, 2.24) is 19.1 Å². The molecule has 182 valence electrons. The Labute approximate surface area is 201 Å². The van der Waals surface area contributed by atoms with Crippen LogP contribution >= 0.6 is 11.5 Å². The number of fused-ring (bicyclic) bond motifs is 1. The molecule has 3 fully saturated rings. The average molecular weight is 490 g/mol. The molecule has 7 nitrogen and oxygen atoms in total. The molecule has 2 aliphatic heterocycles. The van der Waals surface area contributed by atoms with Crippen LogP contribution in [0.4, 0.5) is 14.6 Å². The highest BCUT2D eigenvalue weighted by atomic mass is 32.1. The van der Waals surface area contributed by atoms with E-state index in [0.717, 1.165) is 41.2 Å². The summed E-state index contributed by atoms with van der Waals surface area (Å²) < 4.78 is 47.6. The number of nitrogens with zero attached hydrogens (tertiary/aromatic N) is 5. The van der Waals surface area contributed by atoms with E-state index in [1.54, 1.807) is 0 Å². The molecule has 1 aliphatic carbocycles. The number of pyridine rings is 1. The summed E-state index contributed by atoms with van der Waals surface area (Å²) >= 11 is 1.27. The fraction of sp³-hybridized carbons (Fsp3) is 0.625. The molecule has 1 saturated carbocycles. The van der Waals surface area contributed by atoms with E-state index in [9.17, 15) is 8.78 Å². The molecular weight excluding hydrogens is 460 g/mol. The highest BCUT2D eigenvalue weighted by Crippen LogP contribution is 2.56. The zero-order valence-corrected chi connectivity index (χ0v) is 20.3. The third-order valence-corrected chi connectivity index (χ3v) is 8.22. The molecule has 3 aromatic rings. The number of alkyl halides is 2. The number of hydrogen-bond acceptors (Lipinski definition) is 7. The molecule has 0 N–H and O–H groups in total. The summed E-state index contributed by atoms with van der Waals surface area (Å²) in [5, 5.41) is 4.71. The highest BCUT2D eigenvalue weighted by molar-refractivity contribution is 7.13. The normalized spacial score (nSPS) is 24.8. The van der Waals surface area contributed by atoms with Crippen LogP contribution in [0.2, 0.25) is 0 Å². The number of rotatable bonds is 5. The van der Waals surface area contributed by atoms with Gasteiger partial charge in [0.1, 0.15) is 17.0 Å². The maximum absolute atomic E-state index is 14.3. The predicted molar refractivity (Wildman–Crippen MR) is 127 cm³/mol. The van der Waals surface area contributed by atoms with Gasteiger partial charge in [0.15, 0.2) is 6.23 Å². The Hall–Kier alpha value is -2.17. The number of halogens is 2. The van der Waals surface area contributed by atoms with Gasteiger partial charge in [-0.25, -0.2) is 18.4 Å². The molecule has 6 rings (SSSR count). The van der Waals surface area contributed by atoms with Crippen molar-refractivity contribution in [2.45, 2.75) is 70.1 Å². The van der Waals surface area contributed by atoms with E-state index in [0.29, 0.717) is 56.0 Å². The van der Waals surface area contributed by atoms with Crippen LogP contribution in [0.5, 0.6) is 0 Å². The third-order valence-electron chi connectivity index (χ3n) is 7.35. The van der Waals surface area contributed by atoms with Crippen LogP contribution in [-0.4, -0.2) is 58.0 Å². The van der Waals surface area contributed by atoms with Crippen LogP contribution in [0.3, 0.4) is 0 Å². The van der Waals surface area contributed by atoms with Crippen LogP contribution in [0.1, 0.15) is 56.5 Å². The van der Waals surface area contributed by atoms with Crippen LogP contribution < -0.4 is 4.90 Å². The van der Waals surface area contributed by atoms with Crippen molar-refractivity contribution in [1.29, 1.82) is 0 Å². The van der Waals surface area contributed by atoms with Crippen LogP contribution in [0, 0.1) is 6.92 Å². The molecule has 0 bridgehead atoms. The van der Waals surface area contributed by atoms with E-state index in [-0.39, 0.29) is 12.3 Å². The average Bonchev–Trinajstić information content (AvgIpc) is 3.41. The van der Waals surface area contributed by atoms with Crippen molar-refractivity contribution >= 4 is 27.6 Å². The topological polar surface area (TPSA) is 65.3 Å². The Morgan fingerprint density at radius 3 is 2.76 bits per heavy atom. The van der Waals surface area contributed by atoms with Crippen molar-refractivity contribution in [3.05, 3.63) is 23.4 Å². The fourth-order valence-corrected chi connectivity index (χ4v) is 6.18. The molecule has 3 aromatic heterocycles. The van der Waals surface area contributed by atoms with Gasteiger partial charge in [0.2, 0.25) is 6.43 Å². The van der Waals surface area contributed by atoms with E-state index in [4.69, 9.17) is 23.9 Å². The number of ether oxygens (including phenoxy) is 2. The van der Waals surface area contributed by atoms with Crippen molar-refractivity contribution in [2.24, 2.45) is 0 Å². The Bertz CT molecular complexity index is 1200. The second kappa shape index (κ2) is 8.49. The number of hydrogen-bond donors (Lipinski definition) is 0. The molecule has 0 aromatic carbocycles. The number of aryl methyl sites for hydroxylation is 1. The zero-order valence-electron chi connectivity index (χ0n) is 19.5. The third kappa shape index (κ3) is 3.61. The van der Waals surface area contributed by atoms with Crippen LogP contribution in [0.15, 0.2) is 12.1 Å². The largest absolute Gasteiger partial charge is 0.377 e. The van der Waals surface area contributed by atoms with Crippen molar-refractivity contribution < 1.29 is 18.3 Å². The van der Waals surface area contributed by atoms with Crippen molar-refractivity contribution in [3.63, 3.8) is 0 Å². The second-order valence-electron chi connectivity index (χ2n) is 9.75. The summed E-state index contributed by atoms with van der Waals surface area (Å²) in [6, 6.07) is 4.00. The predicted octanol–water partition coefficient (Wildman–Crippen LogP) is 5.08. The van der Waals surface area contributed by atoms with Gasteiger partial charge in [0.05, 0.1) is 40.8 Å². The minimum atomic E-state index is -2.41. The summed E-state index contributed by atoms with van der Waals surface area (Å²) in [5.41, 5.74) is 2.67. The first-order valence-corrected chi connectivity index (χ1v) is 12.9. The smallest absolute Gasteiger partial charge is 0.248 e. The van der Waals surface area contributed by atoms with Gasteiger partial charge in [-0.15, -0.1) is 0 Å². The molecule has 2 saturated heterocycles. The lowest BCUT2D eigenvalue weighted by atomic mass is 9.96. The summed E-state index contributed by atoms with van der Waals surface area (Å²) in [4.78, 5) is 7.20.